The second-order valence-corrected chi connectivity index (χ2v) is 6.46. The molecule has 6 heteroatoms. The smallest absolute Gasteiger partial charge is 0.240 e. The fourth-order valence-electron chi connectivity index (χ4n) is 1.46. The quantitative estimate of drug-likeness (QED) is 0.756. The van der Waals surface area contributed by atoms with Crippen molar-refractivity contribution in [3.05, 3.63) is 24.3 Å². The number of hydrogen-bond acceptors (Lipinski definition) is 4. The minimum Gasteiger partial charge on any atom is -0.492 e. The predicted octanol–water partition coefficient (Wildman–Crippen LogP) is 1.35. The van der Waals surface area contributed by atoms with Crippen LogP contribution in [-0.4, -0.2) is 28.1 Å². The summed E-state index contributed by atoms with van der Waals surface area (Å²) in [7, 11) is -3.42. The minimum absolute atomic E-state index is 0.247. The van der Waals surface area contributed by atoms with Crippen molar-refractivity contribution >= 4 is 10.0 Å². The highest BCUT2D eigenvalue weighted by atomic mass is 32.2. The van der Waals surface area contributed by atoms with Crippen LogP contribution in [0.15, 0.2) is 29.2 Å². The molecule has 1 rings (SSSR count). The van der Waals surface area contributed by atoms with E-state index in [-0.39, 0.29) is 4.90 Å². The highest BCUT2D eigenvalue weighted by molar-refractivity contribution is 7.89. The molecule has 0 aliphatic heterocycles. The fraction of sp³-hybridized carbons (Fsp3) is 0.538. The Bertz CT molecular complexity index is 469. The summed E-state index contributed by atoms with van der Waals surface area (Å²) in [6, 6.07) is 6.33. The van der Waals surface area contributed by atoms with Gasteiger partial charge >= 0.3 is 0 Å². The van der Waals surface area contributed by atoms with Crippen molar-refractivity contribution in [2.45, 2.75) is 25.2 Å². The zero-order valence-electron chi connectivity index (χ0n) is 11.4. The maximum absolute atomic E-state index is 12.0. The number of sulfonamides is 1. The molecule has 0 heterocycles. The van der Waals surface area contributed by atoms with E-state index in [1.165, 1.54) is 12.1 Å². The largest absolute Gasteiger partial charge is 0.492 e. The maximum atomic E-state index is 12.0. The van der Waals surface area contributed by atoms with E-state index >= 15 is 0 Å². The van der Waals surface area contributed by atoms with Crippen LogP contribution < -0.4 is 15.2 Å². The summed E-state index contributed by atoms with van der Waals surface area (Å²) < 4.78 is 31.8. The second kappa shape index (κ2) is 7.47. The molecule has 0 radical (unpaired) electrons. The summed E-state index contributed by atoms with van der Waals surface area (Å²) in [6.45, 7) is 5.40. The van der Waals surface area contributed by atoms with Crippen LogP contribution in [0.5, 0.6) is 5.75 Å². The third kappa shape index (κ3) is 5.59. The number of hydrogen-bond donors (Lipinski definition) is 2. The van der Waals surface area contributed by atoms with Gasteiger partial charge in [0.1, 0.15) is 12.4 Å². The standard InChI is InChI=1S/C13H22N2O3S/c1-11(2)7-9-15-19(16,17)13-5-3-12(4-6-13)18-10-8-14/h3-6,11,15H,7-10,14H2,1-2H3. The van der Waals surface area contributed by atoms with Crippen molar-refractivity contribution in [2.24, 2.45) is 11.7 Å². The van der Waals surface area contributed by atoms with E-state index in [1.807, 2.05) is 0 Å². The van der Waals surface area contributed by atoms with Crippen LogP contribution in [-0.2, 0) is 10.0 Å². The number of ether oxygens (including phenoxy) is 1. The van der Waals surface area contributed by atoms with Gasteiger partial charge < -0.3 is 10.5 Å². The Kier molecular flexibility index (Phi) is 6.27. The van der Waals surface area contributed by atoms with E-state index in [2.05, 4.69) is 18.6 Å². The summed E-state index contributed by atoms with van der Waals surface area (Å²) in [4.78, 5) is 0.247. The van der Waals surface area contributed by atoms with Gasteiger partial charge in [-0.2, -0.15) is 0 Å². The Balaban J connectivity index is 2.63. The summed E-state index contributed by atoms with van der Waals surface area (Å²) >= 11 is 0. The van der Waals surface area contributed by atoms with Gasteiger partial charge in [0.25, 0.3) is 0 Å². The first kappa shape index (κ1) is 15.9. The van der Waals surface area contributed by atoms with Crippen LogP contribution in [0.3, 0.4) is 0 Å². The lowest BCUT2D eigenvalue weighted by molar-refractivity contribution is 0.328. The Morgan fingerprint density at radius 1 is 1.26 bits per heavy atom. The van der Waals surface area contributed by atoms with Gasteiger partial charge in [0.15, 0.2) is 0 Å². The molecule has 0 saturated carbocycles. The first-order valence-electron chi connectivity index (χ1n) is 6.38. The fourth-order valence-corrected chi connectivity index (χ4v) is 2.50. The molecule has 5 nitrogen and oxygen atoms in total. The van der Waals surface area contributed by atoms with Crippen molar-refractivity contribution in [1.82, 2.24) is 4.72 Å². The van der Waals surface area contributed by atoms with Gasteiger partial charge in [0, 0.05) is 13.1 Å². The molecule has 0 unspecified atom stereocenters. The Morgan fingerprint density at radius 2 is 1.89 bits per heavy atom. The molecule has 0 atom stereocenters. The molecular formula is C13H22N2O3S. The zero-order valence-corrected chi connectivity index (χ0v) is 12.2. The molecule has 0 aliphatic rings. The number of rotatable bonds is 8. The van der Waals surface area contributed by atoms with Gasteiger partial charge in [0.2, 0.25) is 10.0 Å². The van der Waals surface area contributed by atoms with Gasteiger partial charge in [-0.15, -0.1) is 0 Å². The third-order valence-corrected chi connectivity index (χ3v) is 4.01. The second-order valence-electron chi connectivity index (χ2n) is 4.69. The first-order chi connectivity index (χ1) is 8.95. The summed E-state index contributed by atoms with van der Waals surface area (Å²) in [6.07, 6.45) is 0.816. The lowest BCUT2D eigenvalue weighted by atomic mass is 10.1. The van der Waals surface area contributed by atoms with E-state index in [1.54, 1.807) is 12.1 Å². The molecule has 0 aromatic heterocycles. The zero-order chi connectivity index (χ0) is 14.3. The van der Waals surface area contributed by atoms with Crippen molar-refractivity contribution in [2.75, 3.05) is 19.7 Å². The SMILES string of the molecule is CC(C)CCNS(=O)(=O)c1ccc(OCCN)cc1. The molecule has 0 bridgehead atoms. The Labute approximate surface area is 115 Å². The predicted molar refractivity (Wildman–Crippen MR) is 75.6 cm³/mol. The topological polar surface area (TPSA) is 81.4 Å². The lowest BCUT2D eigenvalue weighted by Crippen LogP contribution is -2.25. The number of nitrogens with one attached hydrogen (secondary N) is 1. The van der Waals surface area contributed by atoms with Gasteiger partial charge in [-0.25, -0.2) is 13.1 Å². The first-order valence-corrected chi connectivity index (χ1v) is 7.86. The van der Waals surface area contributed by atoms with Gasteiger partial charge in [-0.05, 0) is 36.6 Å². The van der Waals surface area contributed by atoms with Gasteiger partial charge in [-0.3, -0.25) is 0 Å². The minimum atomic E-state index is -3.42. The number of benzene rings is 1. The molecule has 0 amide bonds. The van der Waals surface area contributed by atoms with Crippen LogP contribution >= 0.6 is 0 Å². The summed E-state index contributed by atoms with van der Waals surface area (Å²) in [5.41, 5.74) is 5.32. The van der Waals surface area contributed by atoms with E-state index in [9.17, 15) is 8.42 Å². The molecule has 0 fully saturated rings. The van der Waals surface area contributed by atoms with E-state index < -0.39 is 10.0 Å². The highest BCUT2D eigenvalue weighted by Crippen LogP contribution is 2.15. The Morgan fingerprint density at radius 3 is 2.42 bits per heavy atom. The van der Waals surface area contributed by atoms with Crippen molar-refractivity contribution < 1.29 is 13.2 Å². The van der Waals surface area contributed by atoms with Crippen LogP contribution in [0.4, 0.5) is 0 Å². The molecule has 19 heavy (non-hydrogen) atoms. The maximum Gasteiger partial charge on any atom is 0.240 e. The monoisotopic (exact) mass is 286 g/mol. The molecule has 0 spiro atoms. The Hall–Kier alpha value is -1.11. The molecule has 108 valence electrons. The molecular weight excluding hydrogens is 264 g/mol. The number of nitrogens with two attached hydrogens (primary N) is 1. The summed E-state index contributed by atoms with van der Waals surface area (Å²) in [5, 5.41) is 0. The van der Waals surface area contributed by atoms with Crippen molar-refractivity contribution in [3.63, 3.8) is 0 Å². The van der Waals surface area contributed by atoms with Crippen LogP contribution in [0.2, 0.25) is 0 Å². The van der Waals surface area contributed by atoms with Crippen LogP contribution in [0.25, 0.3) is 0 Å². The van der Waals surface area contributed by atoms with Crippen LogP contribution in [0.1, 0.15) is 20.3 Å². The molecule has 1 aromatic rings. The van der Waals surface area contributed by atoms with Gasteiger partial charge in [0.05, 0.1) is 4.90 Å². The van der Waals surface area contributed by atoms with Gasteiger partial charge in [-0.1, -0.05) is 13.8 Å². The lowest BCUT2D eigenvalue weighted by Gasteiger charge is -2.09. The normalized spacial score (nSPS) is 11.8. The molecule has 0 aliphatic carbocycles. The highest BCUT2D eigenvalue weighted by Gasteiger charge is 2.13. The summed E-state index contributed by atoms with van der Waals surface area (Å²) in [5.74, 6) is 1.08. The van der Waals surface area contributed by atoms with Crippen molar-refractivity contribution in [1.29, 1.82) is 0 Å². The van der Waals surface area contributed by atoms with Crippen LogP contribution in [0, 0.1) is 5.92 Å². The molecule has 0 saturated heterocycles. The van der Waals surface area contributed by atoms with E-state index in [0.29, 0.717) is 31.4 Å². The van der Waals surface area contributed by atoms with E-state index in [0.717, 1.165) is 6.42 Å². The van der Waals surface area contributed by atoms with E-state index in [4.69, 9.17) is 10.5 Å². The average Bonchev–Trinajstić information content (AvgIpc) is 2.36. The molecule has 1 aromatic carbocycles. The third-order valence-electron chi connectivity index (χ3n) is 2.53. The molecule has 3 N–H and O–H groups in total. The average molecular weight is 286 g/mol. The van der Waals surface area contributed by atoms with Crippen molar-refractivity contribution in [3.8, 4) is 5.75 Å².